The first-order chi connectivity index (χ1) is 18.5. The van der Waals surface area contributed by atoms with Crippen LogP contribution < -0.4 is 16.0 Å². The summed E-state index contributed by atoms with van der Waals surface area (Å²) in [5, 5.41) is 8.50. The first-order valence-electron chi connectivity index (χ1n) is 12.6. The molecule has 1 unspecified atom stereocenters. The third-order valence-corrected chi connectivity index (χ3v) is 6.39. The van der Waals surface area contributed by atoms with Crippen molar-refractivity contribution in [3.05, 3.63) is 72.6 Å². The third kappa shape index (κ3) is 5.32. The lowest BCUT2D eigenvalue weighted by atomic mass is 10.1. The van der Waals surface area contributed by atoms with Gasteiger partial charge in [-0.15, -0.1) is 0 Å². The molecule has 10 nitrogen and oxygen atoms in total. The van der Waals surface area contributed by atoms with Crippen molar-refractivity contribution in [3.63, 3.8) is 0 Å². The predicted octanol–water partition coefficient (Wildman–Crippen LogP) is 4.75. The molecule has 1 fully saturated rings. The highest BCUT2D eigenvalue weighted by molar-refractivity contribution is 6.11. The lowest BCUT2D eigenvalue weighted by Gasteiger charge is -2.23. The number of amides is 2. The van der Waals surface area contributed by atoms with E-state index in [2.05, 4.69) is 30.9 Å². The number of imidazole rings is 1. The minimum atomic E-state index is -0.745. The van der Waals surface area contributed by atoms with Crippen molar-refractivity contribution in [2.24, 2.45) is 0 Å². The molecular weight excluding hydrogens is 489 g/mol. The molecule has 2 atom stereocenters. The Morgan fingerprint density at radius 1 is 1.08 bits per heavy atom. The van der Waals surface area contributed by atoms with Crippen LogP contribution in [0.3, 0.4) is 0 Å². The molecule has 0 aliphatic carbocycles. The molecule has 1 aliphatic rings. The predicted molar refractivity (Wildman–Crippen MR) is 141 cm³/mol. The minimum absolute atomic E-state index is 0.0650. The fourth-order valence-electron chi connectivity index (χ4n) is 4.42. The van der Waals surface area contributed by atoms with Gasteiger partial charge in [0.05, 0.1) is 17.6 Å². The highest BCUT2D eigenvalue weighted by Crippen LogP contribution is 2.28. The van der Waals surface area contributed by atoms with Crippen LogP contribution in [0.5, 0.6) is 0 Å². The highest BCUT2D eigenvalue weighted by atomic mass is 19.1. The number of nitrogens with one attached hydrogen (secondary N) is 3. The highest BCUT2D eigenvalue weighted by Gasteiger charge is 2.25. The molecule has 2 aromatic heterocycles. The summed E-state index contributed by atoms with van der Waals surface area (Å²) in [6.45, 7) is 2.52. The van der Waals surface area contributed by atoms with Gasteiger partial charge in [0.1, 0.15) is 24.4 Å². The lowest BCUT2D eigenvalue weighted by Crippen LogP contribution is -2.35. The number of fused-ring (bicyclic) bond motifs is 1. The number of hydrogen-bond donors (Lipinski definition) is 3. The van der Waals surface area contributed by atoms with Crippen LogP contribution in [-0.4, -0.2) is 44.0 Å². The van der Waals surface area contributed by atoms with Gasteiger partial charge in [0.25, 0.3) is 5.91 Å². The van der Waals surface area contributed by atoms with Crippen molar-refractivity contribution >= 4 is 40.2 Å². The van der Waals surface area contributed by atoms with Gasteiger partial charge in [-0.1, -0.05) is 31.2 Å². The van der Waals surface area contributed by atoms with Crippen LogP contribution in [0.1, 0.15) is 49.2 Å². The number of aromatic nitrogens is 4. The Hall–Kier alpha value is -4.38. The number of para-hydroxylation sites is 1. The van der Waals surface area contributed by atoms with Crippen LogP contribution in [-0.2, 0) is 9.53 Å². The second-order valence-corrected chi connectivity index (χ2v) is 8.94. The summed E-state index contributed by atoms with van der Waals surface area (Å²) in [5.41, 5.74) is 1.44. The average Bonchev–Trinajstić information content (AvgIpc) is 3.38. The van der Waals surface area contributed by atoms with Crippen LogP contribution in [0.4, 0.5) is 21.6 Å². The Labute approximate surface area is 218 Å². The molecule has 0 saturated carbocycles. The molecule has 2 amide bonds. The van der Waals surface area contributed by atoms with Crippen LogP contribution >= 0.6 is 0 Å². The van der Waals surface area contributed by atoms with E-state index >= 15 is 0 Å². The Bertz CT molecular complexity index is 1440. The van der Waals surface area contributed by atoms with Gasteiger partial charge in [0.15, 0.2) is 17.0 Å². The smallest absolute Gasteiger partial charge is 0.260 e. The molecule has 2 aromatic carbocycles. The van der Waals surface area contributed by atoms with Crippen LogP contribution in [0.2, 0.25) is 0 Å². The standard InChI is InChI=1S/C27H28FN7O3/c1-2-19(33-24-23-25(30-15-29-24)35(16-31-23)21-13-6-7-14-38-21)26(36)34-20-12-8-11-18(28)22(20)27(37)32-17-9-4-3-5-10-17/h3-5,8-12,15-16,19,21H,2,6-7,13-14H2,1H3,(H,32,37)(H,34,36)(H,29,30,33)/t19-,21?/m0/s1. The summed E-state index contributed by atoms with van der Waals surface area (Å²) in [6.07, 6.45) is 6.29. The first kappa shape index (κ1) is 25.3. The summed E-state index contributed by atoms with van der Waals surface area (Å²) >= 11 is 0. The van der Waals surface area contributed by atoms with Crippen molar-refractivity contribution in [1.29, 1.82) is 0 Å². The zero-order valence-corrected chi connectivity index (χ0v) is 20.9. The second kappa shape index (κ2) is 11.3. The van der Waals surface area contributed by atoms with Gasteiger partial charge < -0.3 is 20.7 Å². The number of rotatable bonds is 8. The maximum atomic E-state index is 14.7. The van der Waals surface area contributed by atoms with E-state index in [9.17, 15) is 14.0 Å². The fraction of sp³-hybridized carbons (Fsp3) is 0.296. The Morgan fingerprint density at radius 3 is 2.68 bits per heavy atom. The van der Waals surface area contributed by atoms with Gasteiger partial charge >= 0.3 is 0 Å². The van der Waals surface area contributed by atoms with E-state index in [0.717, 1.165) is 19.3 Å². The normalized spacial score (nSPS) is 16.1. The average molecular weight is 518 g/mol. The summed E-state index contributed by atoms with van der Waals surface area (Å²) < 4.78 is 22.5. The maximum absolute atomic E-state index is 14.7. The quantitative estimate of drug-likeness (QED) is 0.308. The SMILES string of the molecule is CC[C@H](Nc1ncnc2c1ncn2C1CCCCO1)C(=O)Nc1cccc(F)c1C(=O)Nc1ccccc1. The number of halogens is 1. The zero-order chi connectivity index (χ0) is 26.5. The molecule has 3 heterocycles. The van der Waals surface area contributed by atoms with Crippen molar-refractivity contribution in [2.45, 2.75) is 44.9 Å². The monoisotopic (exact) mass is 517 g/mol. The Balaban J connectivity index is 1.35. The third-order valence-electron chi connectivity index (χ3n) is 6.39. The number of benzene rings is 2. The van der Waals surface area contributed by atoms with Gasteiger partial charge in [-0.3, -0.25) is 14.2 Å². The topological polar surface area (TPSA) is 123 Å². The second-order valence-electron chi connectivity index (χ2n) is 8.94. The molecule has 3 N–H and O–H groups in total. The van der Waals surface area contributed by atoms with Gasteiger partial charge in [-0.2, -0.15) is 0 Å². The minimum Gasteiger partial charge on any atom is -0.358 e. The van der Waals surface area contributed by atoms with E-state index in [1.54, 1.807) is 30.6 Å². The summed E-state index contributed by atoms with van der Waals surface area (Å²) in [7, 11) is 0. The van der Waals surface area contributed by atoms with E-state index in [1.165, 1.54) is 24.5 Å². The van der Waals surface area contributed by atoms with Crippen LogP contribution in [0.25, 0.3) is 11.2 Å². The van der Waals surface area contributed by atoms with E-state index in [1.807, 2.05) is 17.6 Å². The van der Waals surface area contributed by atoms with Crippen molar-refractivity contribution < 1.29 is 18.7 Å². The van der Waals surface area contributed by atoms with Crippen molar-refractivity contribution in [2.75, 3.05) is 22.6 Å². The van der Waals surface area contributed by atoms with Gasteiger partial charge in [-0.05, 0) is 49.9 Å². The molecule has 1 aliphatic heterocycles. The lowest BCUT2D eigenvalue weighted by molar-refractivity contribution is -0.117. The van der Waals surface area contributed by atoms with Crippen LogP contribution in [0, 0.1) is 5.82 Å². The molecule has 0 bridgehead atoms. The number of carbonyl (C=O) groups is 2. The van der Waals surface area contributed by atoms with E-state index in [0.29, 0.717) is 35.7 Å². The molecule has 11 heteroatoms. The molecule has 196 valence electrons. The van der Waals surface area contributed by atoms with Crippen molar-refractivity contribution in [3.8, 4) is 0 Å². The number of nitrogens with zero attached hydrogens (tertiary/aromatic N) is 4. The Kier molecular flexibility index (Phi) is 7.55. The van der Waals surface area contributed by atoms with Gasteiger partial charge in [0.2, 0.25) is 5.91 Å². The van der Waals surface area contributed by atoms with Gasteiger partial charge in [0, 0.05) is 12.3 Å². The van der Waals surface area contributed by atoms with Gasteiger partial charge in [-0.25, -0.2) is 19.3 Å². The zero-order valence-electron chi connectivity index (χ0n) is 20.9. The Morgan fingerprint density at radius 2 is 1.92 bits per heavy atom. The fourth-order valence-corrected chi connectivity index (χ4v) is 4.42. The molecule has 5 rings (SSSR count). The molecule has 0 spiro atoms. The first-order valence-corrected chi connectivity index (χ1v) is 12.6. The summed E-state index contributed by atoms with van der Waals surface area (Å²) in [6, 6.07) is 12.1. The molecule has 38 heavy (non-hydrogen) atoms. The number of anilines is 3. The van der Waals surface area contributed by atoms with E-state index in [-0.39, 0.29) is 17.5 Å². The molecule has 4 aromatic rings. The maximum Gasteiger partial charge on any atom is 0.260 e. The largest absolute Gasteiger partial charge is 0.358 e. The van der Waals surface area contributed by atoms with Crippen molar-refractivity contribution in [1.82, 2.24) is 19.5 Å². The summed E-state index contributed by atoms with van der Waals surface area (Å²) in [4.78, 5) is 39.3. The number of hydrogen-bond acceptors (Lipinski definition) is 7. The number of ether oxygens (including phenoxy) is 1. The molecular formula is C27H28FN7O3. The van der Waals surface area contributed by atoms with Crippen LogP contribution in [0.15, 0.2) is 61.2 Å². The molecule has 0 radical (unpaired) electrons. The summed E-state index contributed by atoms with van der Waals surface area (Å²) in [5.74, 6) is -1.47. The number of carbonyl (C=O) groups excluding carboxylic acids is 2. The van der Waals surface area contributed by atoms with E-state index < -0.39 is 23.7 Å². The molecule has 1 saturated heterocycles. The van der Waals surface area contributed by atoms with E-state index in [4.69, 9.17) is 4.74 Å².